The molecule has 0 radical (unpaired) electrons. The second kappa shape index (κ2) is 8.08. The number of nitrogens with zero attached hydrogens (tertiary/aromatic N) is 1. The lowest BCUT2D eigenvalue weighted by Crippen LogP contribution is -2.35. The maximum absolute atomic E-state index is 12.3. The summed E-state index contributed by atoms with van der Waals surface area (Å²) in [7, 11) is 0. The lowest BCUT2D eigenvalue weighted by molar-refractivity contribution is 0.0981. The predicted molar refractivity (Wildman–Crippen MR) is 99.4 cm³/mol. The van der Waals surface area contributed by atoms with Gasteiger partial charge in [0, 0.05) is 5.69 Å². The summed E-state index contributed by atoms with van der Waals surface area (Å²) in [4.78, 5) is 17.5. The minimum absolute atomic E-state index is 0.166. The standard InChI is InChI=1S/C19H17N3OS/c23-18(17-12-7-13-24-17)22-19(21-16-10-5-2-6-11-16)20-14-15-8-3-1-4-9-15/h1-13H,14H2,(H2,20,21,22,23). The first-order chi connectivity index (χ1) is 11.8. The van der Waals surface area contributed by atoms with Crippen LogP contribution in [0, 0.1) is 0 Å². The van der Waals surface area contributed by atoms with Crippen molar-refractivity contribution in [3.05, 3.63) is 88.6 Å². The van der Waals surface area contributed by atoms with Gasteiger partial charge < -0.3 is 5.32 Å². The number of carbonyl (C=O) groups excluding carboxylic acids is 1. The molecule has 2 aromatic carbocycles. The van der Waals surface area contributed by atoms with Crippen LogP contribution in [0.5, 0.6) is 0 Å². The van der Waals surface area contributed by atoms with E-state index >= 15 is 0 Å². The zero-order valence-electron chi connectivity index (χ0n) is 13.0. The van der Waals surface area contributed by atoms with Crippen molar-refractivity contribution in [2.24, 2.45) is 4.99 Å². The molecule has 0 aliphatic heterocycles. The van der Waals surface area contributed by atoms with Gasteiger partial charge in [0.1, 0.15) is 0 Å². The molecular formula is C19H17N3OS. The Hall–Kier alpha value is -2.92. The number of anilines is 1. The van der Waals surface area contributed by atoms with Crippen molar-refractivity contribution in [1.29, 1.82) is 0 Å². The van der Waals surface area contributed by atoms with Crippen LogP contribution in [0.1, 0.15) is 15.2 Å². The summed E-state index contributed by atoms with van der Waals surface area (Å²) in [6.45, 7) is 0.487. The van der Waals surface area contributed by atoms with Gasteiger partial charge in [0.2, 0.25) is 5.96 Å². The molecule has 3 rings (SSSR count). The van der Waals surface area contributed by atoms with Crippen LogP contribution in [-0.2, 0) is 6.54 Å². The number of nitrogens with one attached hydrogen (secondary N) is 2. The number of amides is 1. The molecule has 0 aliphatic rings. The van der Waals surface area contributed by atoms with E-state index in [0.717, 1.165) is 11.3 Å². The molecule has 24 heavy (non-hydrogen) atoms. The summed E-state index contributed by atoms with van der Waals surface area (Å²) in [6.07, 6.45) is 0. The zero-order chi connectivity index (χ0) is 16.6. The topological polar surface area (TPSA) is 53.5 Å². The van der Waals surface area contributed by atoms with Gasteiger partial charge in [-0.25, -0.2) is 4.99 Å². The molecule has 1 heterocycles. The molecule has 2 N–H and O–H groups in total. The third-order valence-corrected chi connectivity index (χ3v) is 4.14. The van der Waals surface area contributed by atoms with Gasteiger partial charge in [0.05, 0.1) is 11.4 Å². The number of guanidine groups is 1. The summed E-state index contributed by atoms with van der Waals surface area (Å²) in [6, 6.07) is 23.2. The average molecular weight is 335 g/mol. The van der Waals surface area contributed by atoms with Gasteiger partial charge in [0.15, 0.2) is 0 Å². The summed E-state index contributed by atoms with van der Waals surface area (Å²) in [5, 5.41) is 7.89. The number of carbonyl (C=O) groups is 1. The van der Waals surface area contributed by atoms with Crippen LogP contribution >= 0.6 is 11.3 Å². The van der Waals surface area contributed by atoms with Gasteiger partial charge >= 0.3 is 0 Å². The Balaban J connectivity index is 1.76. The second-order valence-corrected chi connectivity index (χ2v) is 6.02. The molecule has 0 fully saturated rings. The molecule has 1 aromatic heterocycles. The van der Waals surface area contributed by atoms with Crippen molar-refractivity contribution in [1.82, 2.24) is 5.32 Å². The Labute approximate surface area is 144 Å². The zero-order valence-corrected chi connectivity index (χ0v) is 13.8. The SMILES string of the molecule is O=C(NC(=NCc1ccccc1)Nc1ccccc1)c1cccs1. The first-order valence-electron chi connectivity index (χ1n) is 7.56. The minimum Gasteiger partial charge on any atom is -0.326 e. The fourth-order valence-corrected chi connectivity index (χ4v) is 2.72. The molecule has 0 saturated heterocycles. The predicted octanol–water partition coefficient (Wildman–Crippen LogP) is 4.15. The normalized spacial score (nSPS) is 11.1. The summed E-state index contributed by atoms with van der Waals surface area (Å²) < 4.78 is 0. The number of rotatable bonds is 4. The fraction of sp³-hybridized carbons (Fsp3) is 0.0526. The van der Waals surface area contributed by atoms with Crippen molar-refractivity contribution in [2.45, 2.75) is 6.54 Å². The summed E-state index contributed by atoms with van der Waals surface area (Å²) in [5.41, 5.74) is 1.95. The maximum Gasteiger partial charge on any atom is 0.268 e. The van der Waals surface area contributed by atoms with E-state index in [1.807, 2.05) is 72.1 Å². The molecule has 0 unspecified atom stereocenters. The van der Waals surface area contributed by atoms with Gasteiger partial charge in [-0.15, -0.1) is 11.3 Å². The number of para-hydroxylation sites is 1. The average Bonchev–Trinajstić information content (AvgIpc) is 3.16. The Bertz CT molecular complexity index is 799. The third kappa shape index (κ3) is 4.54. The van der Waals surface area contributed by atoms with Crippen molar-refractivity contribution >= 4 is 28.9 Å². The van der Waals surface area contributed by atoms with Gasteiger partial charge in [-0.1, -0.05) is 54.6 Å². The number of benzene rings is 2. The third-order valence-electron chi connectivity index (χ3n) is 3.28. The van der Waals surface area contributed by atoms with E-state index in [1.54, 1.807) is 6.07 Å². The number of hydrogen-bond acceptors (Lipinski definition) is 3. The smallest absolute Gasteiger partial charge is 0.268 e. The molecule has 3 aromatic rings. The van der Waals surface area contributed by atoms with Crippen molar-refractivity contribution in [3.63, 3.8) is 0 Å². The molecule has 4 nitrogen and oxygen atoms in total. The van der Waals surface area contributed by atoms with Crippen LogP contribution in [0.4, 0.5) is 5.69 Å². The Morgan fingerprint density at radius 2 is 1.62 bits per heavy atom. The van der Waals surface area contributed by atoms with Crippen molar-refractivity contribution in [3.8, 4) is 0 Å². The Kier molecular flexibility index (Phi) is 5.37. The van der Waals surface area contributed by atoms with E-state index in [9.17, 15) is 4.79 Å². The minimum atomic E-state index is -0.166. The highest BCUT2D eigenvalue weighted by atomic mass is 32.1. The highest BCUT2D eigenvalue weighted by molar-refractivity contribution is 7.12. The molecular weight excluding hydrogens is 318 g/mol. The van der Waals surface area contributed by atoms with E-state index in [-0.39, 0.29) is 5.91 Å². The molecule has 0 aliphatic carbocycles. The van der Waals surface area contributed by atoms with Crippen LogP contribution in [0.15, 0.2) is 83.2 Å². The van der Waals surface area contributed by atoms with E-state index in [2.05, 4.69) is 15.6 Å². The quantitative estimate of drug-likeness (QED) is 0.556. The highest BCUT2D eigenvalue weighted by Crippen LogP contribution is 2.09. The molecule has 5 heteroatoms. The largest absolute Gasteiger partial charge is 0.326 e. The van der Waals surface area contributed by atoms with E-state index in [0.29, 0.717) is 17.4 Å². The molecule has 0 bridgehead atoms. The molecule has 1 amide bonds. The monoisotopic (exact) mass is 335 g/mol. The molecule has 0 saturated carbocycles. The van der Waals surface area contributed by atoms with Crippen LogP contribution in [0.25, 0.3) is 0 Å². The first-order valence-corrected chi connectivity index (χ1v) is 8.44. The summed E-state index contributed by atoms with van der Waals surface area (Å²) in [5.74, 6) is 0.267. The van der Waals surface area contributed by atoms with Crippen LogP contribution in [0.2, 0.25) is 0 Å². The molecule has 120 valence electrons. The van der Waals surface area contributed by atoms with Gasteiger partial charge in [-0.2, -0.15) is 0 Å². The van der Waals surface area contributed by atoms with Gasteiger partial charge in [-0.05, 0) is 29.1 Å². The van der Waals surface area contributed by atoms with Gasteiger partial charge in [0.25, 0.3) is 5.91 Å². The lowest BCUT2D eigenvalue weighted by Gasteiger charge is -2.11. The van der Waals surface area contributed by atoms with Gasteiger partial charge in [-0.3, -0.25) is 10.1 Å². The number of thiophene rings is 1. The Morgan fingerprint density at radius 1 is 0.917 bits per heavy atom. The van der Waals surface area contributed by atoms with Crippen molar-refractivity contribution < 1.29 is 4.79 Å². The Morgan fingerprint density at radius 3 is 2.29 bits per heavy atom. The van der Waals surface area contributed by atoms with Crippen LogP contribution < -0.4 is 10.6 Å². The van der Waals surface area contributed by atoms with Crippen LogP contribution in [-0.4, -0.2) is 11.9 Å². The molecule has 0 spiro atoms. The highest BCUT2D eigenvalue weighted by Gasteiger charge is 2.10. The van der Waals surface area contributed by atoms with E-state index in [1.165, 1.54) is 11.3 Å². The second-order valence-electron chi connectivity index (χ2n) is 5.07. The number of aliphatic imine (C=N–C) groups is 1. The van der Waals surface area contributed by atoms with Crippen LogP contribution in [0.3, 0.4) is 0 Å². The fourth-order valence-electron chi connectivity index (χ4n) is 2.10. The summed E-state index contributed by atoms with van der Waals surface area (Å²) >= 11 is 1.40. The number of hydrogen-bond donors (Lipinski definition) is 2. The van der Waals surface area contributed by atoms with E-state index < -0.39 is 0 Å². The molecule has 0 atom stereocenters. The lowest BCUT2D eigenvalue weighted by atomic mass is 10.2. The maximum atomic E-state index is 12.3. The van der Waals surface area contributed by atoms with E-state index in [4.69, 9.17) is 0 Å². The first kappa shape index (κ1) is 16.0. The van der Waals surface area contributed by atoms with Crippen molar-refractivity contribution in [2.75, 3.05) is 5.32 Å².